The fourth-order valence-electron chi connectivity index (χ4n) is 4.47. The summed E-state index contributed by atoms with van der Waals surface area (Å²) in [5.74, 6) is 0. The van der Waals surface area contributed by atoms with E-state index in [0.29, 0.717) is 25.7 Å². The van der Waals surface area contributed by atoms with Crippen LogP contribution in [0.15, 0.2) is 0 Å². The van der Waals surface area contributed by atoms with Crippen LogP contribution in [0.4, 0.5) is 0 Å². The third-order valence-electron chi connectivity index (χ3n) is 7.09. The molecule has 0 aromatic carbocycles. The zero-order valence-corrected chi connectivity index (χ0v) is 28.1. The minimum atomic E-state index is -4.06. The molecule has 0 fully saturated rings. The highest BCUT2D eigenvalue weighted by molar-refractivity contribution is 7.82. The minimum absolute atomic E-state index is 0.110. The summed E-state index contributed by atoms with van der Waals surface area (Å²) in [5, 5.41) is 20.0. The lowest BCUT2D eigenvalue weighted by Gasteiger charge is -2.12. The number of unbranched alkanes of at least 4 members (excludes halogenated alkanes) is 17. The molecule has 12 heteroatoms. The van der Waals surface area contributed by atoms with Gasteiger partial charge in [-0.2, -0.15) is 16.8 Å². The quantitative estimate of drug-likeness (QED) is 0.0723. The molecule has 0 radical (unpaired) electrons. The number of hydrogen-bond acceptors (Lipinski definition) is 10. The van der Waals surface area contributed by atoms with Gasteiger partial charge in [-0.1, -0.05) is 129 Å². The van der Waals surface area contributed by atoms with Gasteiger partial charge in [0.05, 0.1) is 38.6 Å². The molecule has 0 rings (SSSR count). The van der Waals surface area contributed by atoms with E-state index in [1.54, 1.807) is 0 Å². The lowest BCUT2D eigenvalue weighted by Crippen LogP contribution is -2.20. The highest BCUT2D eigenvalue weighted by Crippen LogP contribution is 2.14. The maximum absolute atomic E-state index is 11.8. The van der Waals surface area contributed by atoms with Gasteiger partial charge in [0.15, 0.2) is 0 Å². The highest BCUT2D eigenvalue weighted by atomic mass is 32.3. The molecule has 0 saturated heterocycles. The van der Waals surface area contributed by atoms with Gasteiger partial charge in [-0.05, 0) is 25.7 Å². The normalized spacial score (nSPS) is 13.9. The van der Waals surface area contributed by atoms with Gasteiger partial charge in [0, 0.05) is 0 Å². The van der Waals surface area contributed by atoms with Gasteiger partial charge in [-0.15, -0.1) is 0 Å². The van der Waals surface area contributed by atoms with Gasteiger partial charge in [0.2, 0.25) is 0 Å². The average molecular weight is 647 g/mol. The predicted octanol–water partition coefficient (Wildman–Crippen LogP) is 6.89. The summed E-state index contributed by atoms with van der Waals surface area (Å²) in [6, 6.07) is 0. The molecule has 0 aromatic rings. The Morgan fingerprint density at radius 1 is 0.429 bits per heavy atom. The van der Waals surface area contributed by atoms with Crippen molar-refractivity contribution in [2.75, 3.05) is 26.4 Å². The Morgan fingerprint density at radius 3 is 1.05 bits per heavy atom. The van der Waals surface area contributed by atoms with Gasteiger partial charge in [0.1, 0.15) is 0 Å². The summed E-state index contributed by atoms with van der Waals surface area (Å²) in [6.07, 6.45) is 19.3. The van der Waals surface area contributed by atoms with Crippen LogP contribution in [-0.2, 0) is 37.5 Å². The topological polar surface area (TPSA) is 146 Å². The molecule has 0 amide bonds. The molecule has 0 spiro atoms. The van der Waals surface area contributed by atoms with Crippen molar-refractivity contribution in [1.29, 1.82) is 0 Å². The van der Waals surface area contributed by atoms with Crippen molar-refractivity contribution in [2.24, 2.45) is 0 Å². The Balaban J connectivity index is 3.60. The average Bonchev–Trinajstić information content (AvgIpc) is 2.95. The maximum Gasteiger partial charge on any atom is 0.399 e. The zero-order valence-electron chi connectivity index (χ0n) is 26.5. The molecular weight excluding hydrogens is 584 g/mol. The molecule has 0 aliphatic heterocycles. The van der Waals surface area contributed by atoms with Crippen molar-refractivity contribution in [3.8, 4) is 0 Å². The van der Waals surface area contributed by atoms with Crippen LogP contribution in [0.3, 0.4) is 0 Å². The molecule has 0 saturated carbocycles. The Bertz CT molecular complexity index is 724. The van der Waals surface area contributed by atoms with Gasteiger partial charge in [-0.3, -0.25) is 0 Å². The van der Waals surface area contributed by atoms with E-state index in [0.717, 1.165) is 89.9 Å². The maximum atomic E-state index is 11.8. The lowest BCUT2D eigenvalue weighted by atomic mass is 10.0. The second-order valence-electron chi connectivity index (χ2n) is 11.3. The standard InChI is InChI=1S/C30H62O10S2/c1-3-5-7-9-17-21-25-37-41(33,34)39-27-29(31)23-19-15-13-11-12-14-16-20-24-30(32)28-40-42(35,36)38-26-22-18-10-8-6-4-2/h29-32H,3-28H2,1-2H3. The summed E-state index contributed by atoms with van der Waals surface area (Å²) in [4.78, 5) is 0. The largest absolute Gasteiger partial charge is 0.399 e. The van der Waals surface area contributed by atoms with Gasteiger partial charge in [-0.25, -0.2) is 16.7 Å². The summed E-state index contributed by atoms with van der Waals surface area (Å²) in [7, 11) is -8.13. The Labute approximate surface area is 257 Å². The van der Waals surface area contributed by atoms with Crippen LogP contribution in [0.5, 0.6) is 0 Å². The smallest absolute Gasteiger partial charge is 0.391 e. The molecule has 2 unspecified atom stereocenters. The number of rotatable bonds is 33. The lowest BCUT2D eigenvalue weighted by molar-refractivity contribution is 0.0874. The zero-order chi connectivity index (χ0) is 31.4. The molecule has 10 nitrogen and oxygen atoms in total. The molecule has 2 N–H and O–H groups in total. The molecule has 42 heavy (non-hydrogen) atoms. The molecule has 0 aromatic heterocycles. The third-order valence-corrected chi connectivity index (χ3v) is 8.85. The van der Waals surface area contributed by atoms with Crippen LogP contribution in [0.25, 0.3) is 0 Å². The molecule has 0 aliphatic carbocycles. The molecule has 0 aliphatic rings. The molecule has 254 valence electrons. The number of aliphatic hydroxyl groups is 2. The van der Waals surface area contributed by atoms with Crippen molar-refractivity contribution < 1.29 is 43.8 Å². The number of aliphatic hydroxyl groups excluding tert-OH is 2. The molecule has 0 heterocycles. The Kier molecular flexibility index (Phi) is 27.9. The SMILES string of the molecule is CCCCCCCCOS(=O)(=O)OCC(O)CCCCCCCCCCC(O)COS(=O)(=O)OCCCCCCCC. The Hall–Kier alpha value is -0.340. The summed E-state index contributed by atoms with van der Waals surface area (Å²) < 4.78 is 66.4. The Morgan fingerprint density at radius 2 is 0.714 bits per heavy atom. The second-order valence-corrected chi connectivity index (χ2v) is 13.9. The molecule has 2 atom stereocenters. The summed E-state index contributed by atoms with van der Waals surface area (Å²) >= 11 is 0. The van der Waals surface area contributed by atoms with Crippen molar-refractivity contribution in [3.05, 3.63) is 0 Å². The van der Waals surface area contributed by atoms with Crippen molar-refractivity contribution in [2.45, 2.75) is 167 Å². The fraction of sp³-hybridized carbons (Fsp3) is 1.00. The van der Waals surface area contributed by atoms with Crippen molar-refractivity contribution >= 4 is 20.8 Å². The highest BCUT2D eigenvalue weighted by Gasteiger charge is 2.16. The molecular formula is C30H62O10S2. The van der Waals surface area contributed by atoms with E-state index in [1.165, 1.54) is 25.7 Å². The van der Waals surface area contributed by atoms with Crippen molar-refractivity contribution in [1.82, 2.24) is 0 Å². The van der Waals surface area contributed by atoms with Crippen LogP contribution in [0, 0.1) is 0 Å². The minimum Gasteiger partial charge on any atom is -0.391 e. The summed E-state index contributed by atoms with van der Waals surface area (Å²) in [5.41, 5.74) is 0. The van der Waals surface area contributed by atoms with Crippen LogP contribution in [0.2, 0.25) is 0 Å². The van der Waals surface area contributed by atoms with E-state index in [9.17, 15) is 27.0 Å². The van der Waals surface area contributed by atoms with Crippen LogP contribution in [0.1, 0.15) is 155 Å². The first-order valence-electron chi connectivity index (χ1n) is 16.6. The van der Waals surface area contributed by atoms with E-state index < -0.39 is 33.0 Å². The summed E-state index contributed by atoms with van der Waals surface area (Å²) in [6.45, 7) is 3.95. The first-order chi connectivity index (χ1) is 20.1. The van der Waals surface area contributed by atoms with Crippen LogP contribution < -0.4 is 0 Å². The van der Waals surface area contributed by atoms with E-state index in [1.807, 2.05) is 0 Å². The second kappa shape index (κ2) is 28.2. The van der Waals surface area contributed by atoms with E-state index in [-0.39, 0.29) is 26.4 Å². The monoisotopic (exact) mass is 646 g/mol. The van der Waals surface area contributed by atoms with E-state index in [4.69, 9.17) is 16.7 Å². The van der Waals surface area contributed by atoms with Crippen LogP contribution >= 0.6 is 0 Å². The van der Waals surface area contributed by atoms with Gasteiger partial charge >= 0.3 is 20.8 Å². The van der Waals surface area contributed by atoms with E-state index in [2.05, 4.69) is 13.8 Å². The first kappa shape index (κ1) is 41.7. The van der Waals surface area contributed by atoms with Gasteiger partial charge in [0.25, 0.3) is 0 Å². The van der Waals surface area contributed by atoms with E-state index >= 15 is 0 Å². The third kappa shape index (κ3) is 29.7. The first-order valence-corrected chi connectivity index (χ1v) is 19.2. The molecule has 0 bridgehead atoms. The number of hydrogen-bond donors (Lipinski definition) is 2. The van der Waals surface area contributed by atoms with Crippen LogP contribution in [-0.4, -0.2) is 65.7 Å². The van der Waals surface area contributed by atoms with Crippen molar-refractivity contribution in [3.63, 3.8) is 0 Å². The predicted molar refractivity (Wildman–Crippen MR) is 167 cm³/mol. The van der Waals surface area contributed by atoms with Gasteiger partial charge < -0.3 is 10.2 Å². The fourth-order valence-corrected chi connectivity index (χ4v) is 5.89.